The molecule has 0 spiro atoms. The summed E-state index contributed by atoms with van der Waals surface area (Å²) in [5, 5.41) is 17.9. The molecule has 0 fully saturated rings. The zero-order valence-electron chi connectivity index (χ0n) is 14.2. The minimum absolute atomic E-state index is 0.144. The van der Waals surface area contributed by atoms with Crippen molar-refractivity contribution in [2.75, 3.05) is 5.32 Å². The summed E-state index contributed by atoms with van der Waals surface area (Å²) < 4.78 is 23.6. The standard InChI is InChI=1S/C19H20N2O4S/c20-26(24,25)17-8-7-13(22)10-16(17)19(23)21-18-14-5-1-3-11(14)9-12-4-2-6-15(12)18/h7-10,22H,1-6H2,(H,21,23)(H2,20,24,25). The molecular weight excluding hydrogens is 352 g/mol. The van der Waals surface area contributed by atoms with Gasteiger partial charge in [0.1, 0.15) is 5.75 Å². The van der Waals surface area contributed by atoms with Gasteiger partial charge in [0.2, 0.25) is 10.0 Å². The van der Waals surface area contributed by atoms with E-state index in [4.69, 9.17) is 5.14 Å². The van der Waals surface area contributed by atoms with Crippen LogP contribution in [0.3, 0.4) is 0 Å². The Bertz CT molecular complexity index is 996. The Hall–Kier alpha value is -2.38. The molecule has 7 heteroatoms. The highest BCUT2D eigenvalue weighted by atomic mass is 32.2. The summed E-state index contributed by atoms with van der Waals surface area (Å²) in [4.78, 5) is 12.6. The zero-order chi connectivity index (χ0) is 18.5. The van der Waals surface area contributed by atoms with Crippen LogP contribution in [0.25, 0.3) is 0 Å². The van der Waals surface area contributed by atoms with Crippen LogP contribution >= 0.6 is 0 Å². The number of sulfonamides is 1. The topological polar surface area (TPSA) is 109 Å². The lowest BCUT2D eigenvalue weighted by molar-refractivity contribution is 0.102. The van der Waals surface area contributed by atoms with Crippen LogP contribution in [0.1, 0.15) is 45.5 Å². The van der Waals surface area contributed by atoms with Crippen LogP contribution in [0.4, 0.5) is 5.69 Å². The van der Waals surface area contributed by atoms with E-state index in [1.54, 1.807) is 0 Å². The molecule has 0 unspecified atom stereocenters. The molecule has 2 aliphatic carbocycles. The van der Waals surface area contributed by atoms with Crippen molar-refractivity contribution >= 4 is 21.6 Å². The van der Waals surface area contributed by atoms with Crippen molar-refractivity contribution in [3.63, 3.8) is 0 Å². The van der Waals surface area contributed by atoms with Crippen molar-refractivity contribution in [3.8, 4) is 5.75 Å². The van der Waals surface area contributed by atoms with Crippen molar-refractivity contribution < 1.29 is 18.3 Å². The van der Waals surface area contributed by atoms with Gasteiger partial charge in [-0.15, -0.1) is 0 Å². The summed E-state index contributed by atoms with van der Waals surface area (Å²) in [5.41, 5.74) is 5.51. The maximum Gasteiger partial charge on any atom is 0.257 e. The fourth-order valence-corrected chi connectivity index (χ4v) is 4.81. The van der Waals surface area contributed by atoms with Crippen molar-refractivity contribution in [2.45, 2.75) is 43.4 Å². The number of phenols is 1. The van der Waals surface area contributed by atoms with Crippen LogP contribution in [0, 0.1) is 0 Å². The molecule has 2 aromatic carbocycles. The van der Waals surface area contributed by atoms with Crippen molar-refractivity contribution in [2.24, 2.45) is 5.14 Å². The van der Waals surface area contributed by atoms with Crippen LogP contribution < -0.4 is 10.5 Å². The molecular formula is C19H20N2O4S. The quantitative estimate of drug-likeness (QED) is 0.768. The van der Waals surface area contributed by atoms with E-state index in [0.717, 1.165) is 67.5 Å². The highest BCUT2D eigenvalue weighted by Gasteiger charge is 2.27. The van der Waals surface area contributed by atoms with Gasteiger partial charge in [0.25, 0.3) is 5.91 Å². The number of primary sulfonamides is 1. The van der Waals surface area contributed by atoms with E-state index in [9.17, 15) is 18.3 Å². The highest BCUT2D eigenvalue weighted by molar-refractivity contribution is 7.89. The summed E-state index contributed by atoms with van der Waals surface area (Å²) in [5.74, 6) is -0.759. The van der Waals surface area contributed by atoms with E-state index in [1.165, 1.54) is 17.2 Å². The molecule has 0 aliphatic heterocycles. The smallest absolute Gasteiger partial charge is 0.257 e. The zero-order valence-corrected chi connectivity index (χ0v) is 15.0. The van der Waals surface area contributed by atoms with Crippen molar-refractivity contribution in [1.82, 2.24) is 0 Å². The van der Waals surface area contributed by atoms with E-state index in [2.05, 4.69) is 11.4 Å². The van der Waals surface area contributed by atoms with Gasteiger partial charge in [0, 0.05) is 5.69 Å². The lowest BCUT2D eigenvalue weighted by Crippen LogP contribution is -2.21. The number of hydrogen-bond donors (Lipinski definition) is 3. The average Bonchev–Trinajstić information content (AvgIpc) is 3.22. The van der Waals surface area contributed by atoms with Gasteiger partial charge in [0.05, 0.1) is 10.5 Å². The molecule has 1 amide bonds. The van der Waals surface area contributed by atoms with E-state index >= 15 is 0 Å². The summed E-state index contributed by atoms with van der Waals surface area (Å²) >= 11 is 0. The number of aromatic hydroxyl groups is 1. The normalized spacial score (nSPS) is 15.6. The first-order chi connectivity index (χ1) is 12.3. The molecule has 0 saturated carbocycles. The second kappa shape index (κ2) is 6.10. The van der Waals surface area contributed by atoms with Gasteiger partial charge in [-0.25, -0.2) is 13.6 Å². The highest BCUT2D eigenvalue weighted by Crippen LogP contribution is 2.39. The Balaban J connectivity index is 1.79. The molecule has 2 aromatic rings. The number of nitrogens with two attached hydrogens (primary N) is 1. The Morgan fingerprint density at radius 1 is 1.00 bits per heavy atom. The molecule has 2 aliphatic rings. The van der Waals surface area contributed by atoms with Gasteiger partial charge in [0.15, 0.2) is 0 Å². The van der Waals surface area contributed by atoms with Crippen LogP contribution in [0.15, 0.2) is 29.2 Å². The monoisotopic (exact) mass is 372 g/mol. The van der Waals surface area contributed by atoms with E-state index in [0.29, 0.717) is 0 Å². The third-order valence-electron chi connectivity index (χ3n) is 5.23. The number of aryl methyl sites for hydroxylation is 2. The first kappa shape index (κ1) is 17.1. The number of carbonyl (C=O) groups is 1. The van der Waals surface area contributed by atoms with Crippen LogP contribution in [-0.2, 0) is 35.7 Å². The molecule has 0 saturated heterocycles. The van der Waals surface area contributed by atoms with Crippen LogP contribution in [0.2, 0.25) is 0 Å². The molecule has 0 atom stereocenters. The third-order valence-corrected chi connectivity index (χ3v) is 6.19. The lowest BCUT2D eigenvalue weighted by Gasteiger charge is -2.17. The molecule has 6 nitrogen and oxygen atoms in total. The molecule has 0 aromatic heterocycles. The number of benzene rings is 2. The summed E-state index contributed by atoms with van der Waals surface area (Å²) in [6.45, 7) is 0. The predicted molar refractivity (Wildman–Crippen MR) is 97.9 cm³/mol. The van der Waals surface area contributed by atoms with Gasteiger partial charge in [-0.3, -0.25) is 4.79 Å². The van der Waals surface area contributed by atoms with E-state index in [-0.39, 0.29) is 16.2 Å². The molecule has 4 rings (SSSR count). The van der Waals surface area contributed by atoms with Gasteiger partial charge >= 0.3 is 0 Å². The summed E-state index contributed by atoms with van der Waals surface area (Å²) in [6, 6.07) is 5.75. The fraction of sp³-hybridized carbons (Fsp3) is 0.316. The van der Waals surface area contributed by atoms with Gasteiger partial charge in [-0.1, -0.05) is 6.07 Å². The van der Waals surface area contributed by atoms with Gasteiger partial charge in [-0.2, -0.15) is 0 Å². The van der Waals surface area contributed by atoms with Gasteiger partial charge in [-0.05, 0) is 79.0 Å². The number of hydrogen-bond acceptors (Lipinski definition) is 4. The number of fused-ring (bicyclic) bond motifs is 2. The van der Waals surface area contributed by atoms with E-state index in [1.807, 2.05) is 0 Å². The molecule has 4 N–H and O–H groups in total. The second-order valence-corrected chi connectivity index (χ2v) is 8.44. The number of nitrogens with one attached hydrogen (secondary N) is 1. The Labute approximate surface area is 152 Å². The molecule has 0 bridgehead atoms. The molecule has 136 valence electrons. The number of rotatable bonds is 3. The molecule has 0 heterocycles. The SMILES string of the molecule is NS(=O)(=O)c1ccc(O)cc1C(=O)Nc1c2c(cc3c1CCC3)CCC2. The Morgan fingerprint density at radius 3 is 2.19 bits per heavy atom. The Kier molecular flexibility index (Phi) is 4.00. The molecule has 0 radical (unpaired) electrons. The van der Waals surface area contributed by atoms with Crippen LogP contribution in [0.5, 0.6) is 5.75 Å². The first-order valence-electron chi connectivity index (χ1n) is 8.68. The Morgan fingerprint density at radius 2 is 1.62 bits per heavy atom. The summed E-state index contributed by atoms with van der Waals surface area (Å²) in [6.07, 6.45) is 5.91. The number of carbonyl (C=O) groups excluding carboxylic acids is 1. The van der Waals surface area contributed by atoms with Crippen LogP contribution in [-0.4, -0.2) is 19.4 Å². The lowest BCUT2D eigenvalue weighted by atomic mass is 9.98. The number of amides is 1. The number of phenolic OH excluding ortho intramolecular Hbond substituents is 1. The third kappa shape index (κ3) is 2.87. The minimum atomic E-state index is -4.08. The van der Waals surface area contributed by atoms with E-state index < -0.39 is 15.9 Å². The summed E-state index contributed by atoms with van der Waals surface area (Å²) in [7, 11) is -4.08. The maximum absolute atomic E-state index is 12.9. The van der Waals surface area contributed by atoms with Crippen molar-refractivity contribution in [3.05, 3.63) is 52.1 Å². The minimum Gasteiger partial charge on any atom is -0.508 e. The number of anilines is 1. The van der Waals surface area contributed by atoms with Gasteiger partial charge < -0.3 is 10.4 Å². The average molecular weight is 372 g/mol. The first-order valence-corrected chi connectivity index (χ1v) is 10.2. The predicted octanol–water partition coefficient (Wildman–Crippen LogP) is 2.27. The fourth-order valence-electron chi connectivity index (χ4n) is 4.09. The maximum atomic E-state index is 12.9. The molecule has 26 heavy (non-hydrogen) atoms. The largest absolute Gasteiger partial charge is 0.508 e. The van der Waals surface area contributed by atoms with Crippen molar-refractivity contribution in [1.29, 1.82) is 0 Å². The second-order valence-electron chi connectivity index (χ2n) is 6.91.